The number of halogens is 3. The Bertz CT molecular complexity index is 787. The Labute approximate surface area is 139 Å². The number of para-hydroxylation sites is 1. The van der Waals surface area contributed by atoms with Crippen LogP contribution < -0.4 is 10.1 Å². The minimum atomic E-state index is -4.83. The van der Waals surface area contributed by atoms with Crippen molar-refractivity contribution in [1.29, 1.82) is 0 Å². The Morgan fingerprint density at radius 3 is 2.28 bits per heavy atom. The number of anilines is 1. The molecule has 0 bridgehead atoms. The Hall–Kier alpha value is -3.23. The van der Waals surface area contributed by atoms with Gasteiger partial charge in [-0.3, -0.25) is 4.79 Å². The van der Waals surface area contributed by atoms with E-state index in [1.807, 2.05) is 0 Å². The van der Waals surface area contributed by atoms with E-state index < -0.39 is 29.7 Å². The van der Waals surface area contributed by atoms with E-state index in [2.05, 4.69) is 14.8 Å². The van der Waals surface area contributed by atoms with Crippen molar-refractivity contribution < 1.29 is 37.3 Å². The van der Waals surface area contributed by atoms with E-state index >= 15 is 0 Å². The Balaban J connectivity index is 2.16. The molecule has 0 aliphatic carbocycles. The van der Waals surface area contributed by atoms with Crippen LogP contribution in [0.15, 0.2) is 42.5 Å². The Morgan fingerprint density at radius 2 is 1.72 bits per heavy atom. The summed E-state index contributed by atoms with van der Waals surface area (Å²) in [6, 6.07) is 8.28. The number of phenols is 1. The number of phenolic OH excluding ortho intramolecular Hbond substituents is 1. The summed E-state index contributed by atoms with van der Waals surface area (Å²) in [6.45, 7) is 0. The van der Waals surface area contributed by atoms with E-state index in [0.29, 0.717) is 0 Å². The van der Waals surface area contributed by atoms with Crippen LogP contribution in [0, 0.1) is 0 Å². The fourth-order valence-electron chi connectivity index (χ4n) is 1.92. The summed E-state index contributed by atoms with van der Waals surface area (Å²) in [6.07, 6.45) is -4.83. The summed E-state index contributed by atoms with van der Waals surface area (Å²) in [7, 11) is 1.14. The topological polar surface area (TPSA) is 84.9 Å². The van der Waals surface area contributed by atoms with E-state index in [0.717, 1.165) is 31.4 Å². The number of amides is 1. The normalized spacial score (nSPS) is 10.9. The molecule has 25 heavy (non-hydrogen) atoms. The molecule has 0 radical (unpaired) electrons. The predicted octanol–water partition coefficient (Wildman–Crippen LogP) is 3.33. The highest BCUT2D eigenvalue weighted by molar-refractivity contribution is 6.06. The monoisotopic (exact) mass is 355 g/mol. The number of hydrogen-bond acceptors (Lipinski definition) is 5. The minimum absolute atomic E-state index is 0.0254. The van der Waals surface area contributed by atoms with Crippen LogP contribution in [0.3, 0.4) is 0 Å². The zero-order valence-electron chi connectivity index (χ0n) is 12.8. The van der Waals surface area contributed by atoms with Gasteiger partial charge in [0, 0.05) is 5.56 Å². The van der Waals surface area contributed by atoms with Crippen LogP contribution in [0.25, 0.3) is 0 Å². The zero-order valence-corrected chi connectivity index (χ0v) is 12.8. The molecule has 9 heteroatoms. The number of ether oxygens (including phenoxy) is 2. The van der Waals surface area contributed by atoms with Gasteiger partial charge in [0.25, 0.3) is 5.91 Å². The first-order chi connectivity index (χ1) is 11.7. The van der Waals surface area contributed by atoms with Crippen molar-refractivity contribution in [3.05, 3.63) is 53.6 Å². The van der Waals surface area contributed by atoms with Crippen molar-refractivity contribution in [3.8, 4) is 11.5 Å². The minimum Gasteiger partial charge on any atom is -0.505 e. The standard InChI is InChI=1S/C16H12F3NO5/c1-24-15(23)11-3-2-4-12(13(11)21)20-14(22)9-5-7-10(8-6-9)25-16(17,18)19/h2-8,21H,1H3,(H,20,22). The second kappa shape index (κ2) is 7.12. The van der Waals surface area contributed by atoms with E-state index in [-0.39, 0.29) is 16.8 Å². The number of carbonyl (C=O) groups is 2. The van der Waals surface area contributed by atoms with Crippen LogP contribution in [-0.2, 0) is 4.74 Å². The number of esters is 1. The van der Waals surface area contributed by atoms with Gasteiger partial charge < -0.3 is 19.9 Å². The van der Waals surface area contributed by atoms with Crippen molar-refractivity contribution in [3.63, 3.8) is 0 Å². The van der Waals surface area contributed by atoms with E-state index in [1.165, 1.54) is 18.2 Å². The van der Waals surface area contributed by atoms with Crippen molar-refractivity contribution in [2.45, 2.75) is 6.36 Å². The number of aromatic hydroxyl groups is 1. The molecule has 1 amide bonds. The fourth-order valence-corrected chi connectivity index (χ4v) is 1.92. The van der Waals surface area contributed by atoms with Gasteiger partial charge in [-0.25, -0.2) is 4.79 Å². The highest BCUT2D eigenvalue weighted by Crippen LogP contribution is 2.29. The molecule has 2 aromatic rings. The lowest BCUT2D eigenvalue weighted by Gasteiger charge is -2.11. The molecule has 2 aromatic carbocycles. The molecule has 0 aliphatic rings. The maximum atomic E-state index is 12.1. The van der Waals surface area contributed by atoms with Gasteiger partial charge in [-0.05, 0) is 36.4 Å². The average Bonchev–Trinajstić information content (AvgIpc) is 2.55. The molecule has 0 aromatic heterocycles. The number of nitrogens with one attached hydrogen (secondary N) is 1. The molecular formula is C16H12F3NO5. The Kier molecular flexibility index (Phi) is 5.16. The smallest absolute Gasteiger partial charge is 0.505 e. The second-order valence-corrected chi connectivity index (χ2v) is 4.72. The molecular weight excluding hydrogens is 343 g/mol. The molecule has 6 nitrogen and oxygen atoms in total. The van der Waals surface area contributed by atoms with Gasteiger partial charge >= 0.3 is 12.3 Å². The SMILES string of the molecule is COC(=O)c1cccc(NC(=O)c2ccc(OC(F)(F)F)cc2)c1O. The highest BCUT2D eigenvalue weighted by atomic mass is 19.4. The second-order valence-electron chi connectivity index (χ2n) is 4.72. The summed E-state index contributed by atoms with van der Waals surface area (Å²) in [4.78, 5) is 23.6. The molecule has 132 valence electrons. The zero-order chi connectivity index (χ0) is 18.6. The van der Waals surface area contributed by atoms with Crippen LogP contribution in [0.1, 0.15) is 20.7 Å². The van der Waals surface area contributed by atoms with Gasteiger partial charge in [0.05, 0.1) is 12.8 Å². The number of hydrogen-bond donors (Lipinski definition) is 2. The van der Waals surface area contributed by atoms with E-state index in [9.17, 15) is 27.9 Å². The lowest BCUT2D eigenvalue weighted by atomic mass is 10.1. The van der Waals surface area contributed by atoms with Crippen LogP contribution >= 0.6 is 0 Å². The lowest BCUT2D eigenvalue weighted by Crippen LogP contribution is -2.17. The third-order valence-electron chi connectivity index (χ3n) is 3.04. The summed E-state index contributed by atoms with van der Waals surface area (Å²) in [5, 5.41) is 12.4. The fraction of sp³-hybridized carbons (Fsp3) is 0.125. The van der Waals surface area contributed by atoms with Crippen LogP contribution in [0.5, 0.6) is 11.5 Å². The molecule has 0 aliphatic heterocycles. The van der Waals surface area contributed by atoms with Gasteiger partial charge in [0.15, 0.2) is 5.75 Å². The summed E-state index contributed by atoms with van der Waals surface area (Å²) in [5.74, 6) is -2.45. The van der Waals surface area contributed by atoms with Crippen LogP contribution in [0.2, 0.25) is 0 Å². The molecule has 0 heterocycles. The van der Waals surface area contributed by atoms with Crippen molar-refractivity contribution in [2.24, 2.45) is 0 Å². The Morgan fingerprint density at radius 1 is 1.08 bits per heavy atom. The quantitative estimate of drug-likeness (QED) is 0.649. The molecule has 0 saturated heterocycles. The van der Waals surface area contributed by atoms with Gasteiger partial charge in [0.1, 0.15) is 11.3 Å². The van der Waals surface area contributed by atoms with Crippen molar-refractivity contribution in [2.75, 3.05) is 12.4 Å². The maximum absolute atomic E-state index is 12.1. The highest BCUT2D eigenvalue weighted by Gasteiger charge is 2.31. The molecule has 2 rings (SSSR count). The number of benzene rings is 2. The molecule has 0 spiro atoms. The summed E-state index contributed by atoms with van der Waals surface area (Å²) in [5.41, 5.74) is -0.171. The number of methoxy groups -OCH3 is 1. The summed E-state index contributed by atoms with van der Waals surface area (Å²) >= 11 is 0. The largest absolute Gasteiger partial charge is 0.573 e. The molecule has 0 atom stereocenters. The van der Waals surface area contributed by atoms with Gasteiger partial charge in [-0.2, -0.15) is 0 Å². The number of alkyl halides is 3. The molecule has 0 saturated carbocycles. The van der Waals surface area contributed by atoms with E-state index in [1.54, 1.807) is 0 Å². The first kappa shape index (κ1) is 18.1. The first-order valence-electron chi connectivity index (χ1n) is 6.78. The number of rotatable bonds is 4. The third kappa shape index (κ3) is 4.63. The molecule has 0 unspecified atom stereocenters. The van der Waals surface area contributed by atoms with Crippen molar-refractivity contribution in [1.82, 2.24) is 0 Å². The van der Waals surface area contributed by atoms with Crippen LogP contribution in [-0.4, -0.2) is 30.5 Å². The lowest BCUT2D eigenvalue weighted by molar-refractivity contribution is -0.274. The van der Waals surface area contributed by atoms with Crippen LogP contribution in [0.4, 0.5) is 18.9 Å². The van der Waals surface area contributed by atoms with Gasteiger partial charge in [0.2, 0.25) is 0 Å². The predicted molar refractivity (Wildman–Crippen MR) is 80.5 cm³/mol. The third-order valence-corrected chi connectivity index (χ3v) is 3.04. The van der Waals surface area contributed by atoms with E-state index in [4.69, 9.17) is 0 Å². The van der Waals surface area contributed by atoms with Gasteiger partial charge in [-0.15, -0.1) is 13.2 Å². The average molecular weight is 355 g/mol. The molecule has 2 N–H and O–H groups in total. The summed E-state index contributed by atoms with van der Waals surface area (Å²) < 4.78 is 44.5. The molecule has 0 fully saturated rings. The maximum Gasteiger partial charge on any atom is 0.573 e. The first-order valence-corrected chi connectivity index (χ1v) is 6.78. The number of carbonyl (C=O) groups excluding carboxylic acids is 2. The van der Waals surface area contributed by atoms with Gasteiger partial charge in [-0.1, -0.05) is 6.07 Å². The van der Waals surface area contributed by atoms with Crippen molar-refractivity contribution >= 4 is 17.6 Å².